The van der Waals surface area contributed by atoms with Gasteiger partial charge in [0.1, 0.15) is 12.7 Å². The summed E-state index contributed by atoms with van der Waals surface area (Å²) in [5.74, 6) is -1.04. The zero-order valence-corrected chi connectivity index (χ0v) is 12.5. The minimum Gasteiger partial charge on any atom is -0.490 e. The summed E-state index contributed by atoms with van der Waals surface area (Å²) in [5, 5.41) is 0. The fourth-order valence-electron chi connectivity index (χ4n) is 2.49. The van der Waals surface area contributed by atoms with Gasteiger partial charge in [0.05, 0.1) is 6.61 Å². The van der Waals surface area contributed by atoms with Crippen molar-refractivity contribution in [3.63, 3.8) is 0 Å². The summed E-state index contributed by atoms with van der Waals surface area (Å²) in [6.07, 6.45) is 7.72. The highest BCUT2D eigenvalue weighted by molar-refractivity contribution is 5.77. The van der Waals surface area contributed by atoms with Crippen LogP contribution in [0.2, 0.25) is 0 Å². The second-order valence-electron chi connectivity index (χ2n) is 5.02. The van der Waals surface area contributed by atoms with Crippen molar-refractivity contribution in [2.75, 3.05) is 6.61 Å². The van der Waals surface area contributed by atoms with Crippen LogP contribution in [0.5, 0.6) is 17.2 Å². The Hall–Kier alpha value is -2.74. The third-order valence-electron chi connectivity index (χ3n) is 3.55. The highest BCUT2D eigenvalue weighted by atomic mass is 19.1. The molecule has 0 N–H and O–H groups in total. The van der Waals surface area contributed by atoms with E-state index in [1.807, 2.05) is 13.0 Å². The van der Waals surface area contributed by atoms with E-state index in [9.17, 15) is 8.78 Å². The van der Waals surface area contributed by atoms with E-state index < -0.39 is 11.6 Å². The van der Waals surface area contributed by atoms with Crippen LogP contribution in [-0.4, -0.2) is 6.61 Å². The van der Waals surface area contributed by atoms with Gasteiger partial charge in [0, 0.05) is 11.1 Å². The lowest BCUT2D eigenvalue weighted by molar-refractivity contribution is 0.261. The Balaban J connectivity index is 2.07. The molecule has 118 valence electrons. The first-order valence-electron chi connectivity index (χ1n) is 7.19. The first-order valence-corrected chi connectivity index (χ1v) is 7.19. The van der Waals surface area contributed by atoms with Crippen LogP contribution < -0.4 is 14.2 Å². The lowest BCUT2D eigenvalue weighted by Crippen LogP contribution is -2.11. The van der Waals surface area contributed by atoms with E-state index in [4.69, 9.17) is 20.6 Å². The molecule has 3 rings (SSSR count). The standard InChI is InChI=1S/C18H14F2O3/c1-3-9-22-15-8-6-12-11-5-7-14(21-4-2)16(19)13(11)10-23-18(12)17(15)20/h2,5-8H,3,9-10H2,1H3. The molecule has 0 aliphatic carbocycles. The van der Waals surface area contributed by atoms with E-state index in [0.29, 0.717) is 17.7 Å². The molecule has 1 aliphatic heterocycles. The molecule has 2 aromatic carbocycles. The molecule has 3 nitrogen and oxygen atoms in total. The SMILES string of the molecule is C#COc1ccc2c(c1F)COc1c-2ccc(OCCC)c1F. The second-order valence-corrected chi connectivity index (χ2v) is 5.02. The van der Waals surface area contributed by atoms with Gasteiger partial charge < -0.3 is 14.2 Å². The zero-order valence-electron chi connectivity index (χ0n) is 12.5. The van der Waals surface area contributed by atoms with Crippen molar-refractivity contribution in [3.8, 4) is 40.9 Å². The van der Waals surface area contributed by atoms with Crippen molar-refractivity contribution in [1.82, 2.24) is 0 Å². The summed E-state index contributed by atoms with van der Waals surface area (Å²) < 4.78 is 44.4. The monoisotopic (exact) mass is 316 g/mol. The van der Waals surface area contributed by atoms with Gasteiger partial charge in [-0.25, -0.2) is 4.39 Å². The Morgan fingerprint density at radius 2 is 1.87 bits per heavy atom. The molecule has 2 aromatic rings. The van der Waals surface area contributed by atoms with E-state index in [2.05, 4.69) is 0 Å². The van der Waals surface area contributed by atoms with Crippen molar-refractivity contribution in [2.45, 2.75) is 20.0 Å². The summed E-state index contributed by atoms with van der Waals surface area (Å²) in [6.45, 7) is 2.24. The summed E-state index contributed by atoms with van der Waals surface area (Å²) in [4.78, 5) is 0. The minimum atomic E-state index is -0.599. The van der Waals surface area contributed by atoms with Crippen LogP contribution in [0, 0.1) is 24.2 Å². The number of hydrogen-bond acceptors (Lipinski definition) is 3. The maximum absolute atomic E-state index is 14.5. The molecule has 0 amide bonds. The van der Waals surface area contributed by atoms with Gasteiger partial charge in [-0.2, -0.15) is 4.39 Å². The fourth-order valence-corrected chi connectivity index (χ4v) is 2.49. The Morgan fingerprint density at radius 3 is 2.61 bits per heavy atom. The predicted molar refractivity (Wildman–Crippen MR) is 81.4 cm³/mol. The number of fused-ring (bicyclic) bond motifs is 3. The summed E-state index contributed by atoms with van der Waals surface area (Å²) in [7, 11) is 0. The Bertz CT molecular complexity index is 794. The highest BCUT2D eigenvalue weighted by Crippen LogP contribution is 2.44. The van der Waals surface area contributed by atoms with E-state index in [1.165, 1.54) is 12.1 Å². The third-order valence-corrected chi connectivity index (χ3v) is 3.55. The molecule has 0 spiro atoms. The van der Waals surface area contributed by atoms with E-state index in [0.717, 1.165) is 6.42 Å². The molecule has 0 bridgehead atoms. The van der Waals surface area contributed by atoms with Crippen LogP contribution in [0.25, 0.3) is 11.1 Å². The van der Waals surface area contributed by atoms with Crippen molar-refractivity contribution < 1.29 is 23.0 Å². The number of ether oxygens (including phenoxy) is 3. The van der Waals surface area contributed by atoms with E-state index >= 15 is 0 Å². The third kappa shape index (κ3) is 2.57. The number of halogens is 2. The predicted octanol–water partition coefficient (Wildman–Crippen LogP) is 4.28. The van der Waals surface area contributed by atoms with Crippen molar-refractivity contribution in [2.24, 2.45) is 0 Å². The first-order chi connectivity index (χ1) is 11.2. The van der Waals surface area contributed by atoms with Crippen LogP contribution in [0.4, 0.5) is 8.78 Å². The van der Waals surface area contributed by atoms with Crippen LogP contribution in [0.3, 0.4) is 0 Å². The quantitative estimate of drug-likeness (QED) is 0.788. The number of rotatable bonds is 4. The molecule has 5 heteroatoms. The lowest BCUT2D eigenvalue weighted by Gasteiger charge is -2.23. The molecule has 0 saturated heterocycles. The maximum Gasteiger partial charge on any atom is 0.207 e. The van der Waals surface area contributed by atoms with Gasteiger partial charge in [0.2, 0.25) is 5.82 Å². The summed E-state index contributed by atoms with van der Waals surface area (Å²) >= 11 is 0. The minimum absolute atomic E-state index is 0.0540. The summed E-state index contributed by atoms with van der Waals surface area (Å²) in [6, 6.07) is 6.23. The Labute approximate surface area is 132 Å². The average molecular weight is 316 g/mol. The molecule has 1 aliphatic rings. The molecular weight excluding hydrogens is 302 g/mol. The molecular formula is C18H14F2O3. The second kappa shape index (κ2) is 6.17. The van der Waals surface area contributed by atoms with Crippen molar-refractivity contribution >= 4 is 0 Å². The largest absolute Gasteiger partial charge is 0.490 e. The van der Waals surface area contributed by atoms with E-state index in [1.54, 1.807) is 12.1 Å². The molecule has 0 fully saturated rings. The molecule has 0 aromatic heterocycles. The lowest BCUT2D eigenvalue weighted by atomic mass is 9.96. The molecule has 0 unspecified atom stereocenters. The molecule has 0 radical (unpaired) electrons. The van der Waals surface area contributed by atoms with Gasteiger partial charge in [-0.05, 0) is 36.2 Å². The van der Waals surface area contributed by atoms with Gasteiger partial charge in [0.25, 0.3) is 0 Å². The normalized spacial score (nSPS) is 11.7. The molecule has 0 saturated carbocycles. The van der Waals surface area contributed by atoms with Crippen LogP contribution >= 0.6 is 0 Å². The van der Waals surface area contributed by atoms with E-state index in [-0.39, 0.29) is 29.4 Å². The average Bonchev–Trinajstić information content (AvgIpc) is 2.56. The van der Waals surface area contributed by atoms with Gasteiger partial charge in [-0.15, -0.1) is 0 Å². The van der Waals surface area contributed by atoms with Gasteiger partial charge in [-0.1, -0.05) is 13.3 Å². The van der Waals surface area contributed by atoms with Crippen LogP contribution in [0.15, 0.2) is 24.3 Å². The smallest absolute Gasteiger partial charge is 0.207 e. The Kier molecular flexibility index (Phi) is 4.07. The van der Waals surface area contributed by atoms with Gasteiger partial charge in [-0.3, -0.25) is 0 Å². The van der Waals surface area contributed by atoms with Crippen molar-refractivity contribution in [3.05, 3.63) is 41.5 Å². The van der Waals surface area contributed by atoms with Gasteiger partial charge in [0.15, 0.2) is 23.1 Å². The highest BCUT2D eigenvalue weighted by Gasteiger charge is 2.27. The topological polar surface area (TPSA) is 27.7 Å². The van der Waals surface area contributed by atoms with Crippen LogP contribution in [0.1, 0.15) is 18.9 Å². The van der Waals surface area contributed by atoms with Gasteiger partial charge >= 0.3 is 0 Å². The Morgan fingerprint density at radius 1 is 1.13 bits per heavy atom. The number of benzene rings is 2. The number of hydrogen-bond donors (Lipinski definition) is 0. The van der Waals surface area contributed by atoms with Crippen LogP contribution in [-0.2, 0) is 6.61 Å². The fraction of sp³-hybridized carbons (Fsp3) is 0.222. The molecule has 0 atom stereocenters. The molecule has 1 heterocycles. The number of terminal acetylenes is 1. The summed E-state index contributed by atoms with van der Waals surface area (Å²) in [5.41, 5.74) is 1.31. The van der Waals surface area contributed by atoms with Crippen molar-refractivity contribution in [1.29, 1.82) is 0 Å². The zero-order chi connectivity index (χ0) is 16.4. The molecule has 23 heavy (non-hydrogen) atoms. The first kappa shape index (κ1) is 15.2. The maximum atomic E-state index is 14.5.